The predicted octanol–water partition coefficient (Wildman–Crippen LogP) is 31.8. The number of carbonyl (C=O) groups excluding carboxylic acids is 4. The Labute approximate surface area is 870 Å². The van der Waals surface area contributed by atoms with Gasteiger partial charge in [0.2, 0.25) is 0 Å². The molecule has 12 nitrogen and oxygen atoms in total. The number of carbonyl (C=O) groups is 4. The van der Waals surface area contributed by atoms with Gasteiger partial charge in [-0.2, -0.15) is 0 Å². The van der Waals surface area contributed by atoms with Crippen molar-refractivity contribution < 1.29 is 120 Å². The minimum atomic E-state index is -0.125. The van der Waals surface area contributed by atoms with Crippen LogP contribution in [0.25, 0.3) is 88.6 Å². The molecule has 0 aliphatic carbocycles. The number of aryl methyl sites for hydroxylation is 8. The van der Waals surface area contributed by atoms with E-state index in [1.165, 1.54) is 185 Å². The number of hydrogen-bond donors (Lipinski definition) is 4. The van der Waals surface area contributed by atoms with Gasteiger partial charge >= 0.3 is 0 Å². The summed E-state index contributed by atoms with van der Waals surface area (Å²) < 4.78 is 0. The minimum Gasteiger partial charge on any atom is -0.512 e. The van der Waals surface area contributed by atoms with Crippen molar-refractivity contribution in [1.82, 2.24) is 19.9 Å². The third kappa shape index (κ3) is 38.9. The van der Waals surface area contributed by atoms with Gasteiger partial charge in [-0.05, 0) is 190 Å². The Morgan fingerprint density at radius 3 is 0.816 bits per heavy atom. The van der Waals surface area contributed by atoms with Crippen molar-refractivity contribution in [2.45, 2.75) is 320 Å². The molecule has 0 aliphatic heterocycles. The van der Waals surface area contributed by atoms with Gasteiger partial charge in [0.05, 0.1) is 45.1 Å². The fourth-order valence-corrected chi connectivity index (χ4v) is 14.7. The fraction of sp³-hybridized carbons (Fsp3) is 0.400. The van der Waals surface area contributed by atoms with Crippen molar-refractivity contribution in [3.63, 3.8) is 0 Å². The molecule has 16 heteroatoms. The maximum absolute atomic E-state index is 10.0. The fourth-order valence-electron chi connectivity index (χ4n) is 14.7. The largest absolute Gasteiger partial charge is 0.512 e. The van der Waals surface area contributed by atoms with E-state index in [-0.39, 0.29) is 170 Å². The van der Waals surface area contributed by atoms with Crippen molar-refractivity contribution in [2.75, 3.05) is 0 Å². The molecule has 0 spiro atoms. The van der Waals surface area contributed by atoms with E-state index in [4.69, 9.17) is 40.4 Å². The maximum atomic E-state index is 10.0. The summed E-state index contributed by atoms with van der Waals surface area (Å²) in [6, 6.07) is 66.7. The van der Waals surface area contributed by atoms with E-state index in [1.807, 2.05) is 6.07 Å². The Morgan fingerprint density at radius 1 is 0.279 bits per heavy atom. The number of aromatic nitrogens is 4. The Morgan fingerprint density at radius 2 is 0.559 bits per heavy atom. The van der Waals surface area contributed by atoms with Crippen molar-refractivity contribution >= 4 is 66.7 Å². The summed E-state index contributed by atoms with van der Waals surface area (Å²) >= 11 is 0. The van der Waals surface area contributed by atoms with E-state index in [0.717, 1.165) is 72.7 Å². The molecule has 4 heterocycles. The van der Waals surface area contributed by atoms with Gasteiger partial charge in [0, 0.05) is 126 Å². The second-order valence-corrected chi connectivity index (χ2v) is 43.6. The second-order valence-electron chi connectivity index (χ2n) is 43.6. The number of nitrogens with zero attached hydrogens (tertiary/aromatic N) is 4. The first-order chi connectivity index (χ1) is 60.3. The van der Waals surface area contributed by atoms with Crippen LogP contribution < -0.4 is 0 Å². The first-order valence-corrected chi connectivity index (χ1v) is 45.7. The number of aliphatic hydroxyl groups is 4. The van der Waals surface area contributed by atoms with Crippen LogP contribution in [-0.4, -0.2) is 63.5 Å². The van der Waals surface area contributed by atoms with E-state index in [0.29, 0.717) is 0 Å². The third-order valence-corrected chi connectivity index (χ3v) is 21.9. The second kappa shape index (κ2) is 51.7. The molecule has 136 heavy (non-hydrogen) atoms. The SMILES string of the molecule is CC(=O)C=C(C)O.CC(=O)C=C(C)O.CC(=O)C=C(C)O.CC(=O)C=C(C)O.Cc1[c-]c(-c2ccc3c(C(C)(C)C)cc(C(C)(C)C)cc3n2)c(C)cc1C.Cc1[c-]c(-c2ccc3c(C(C)(C)C)cc(C(C)(C)C)cc3n2)cc(C)c1.Cc1c[c-]c(-c2ccc3c(C(C)(C)C)cc(C(C)(C)C)cc3n2)cc1C.Cc1cc[c-]c(-c2ccc3c(C(C)(C)C)cc(C(C)(C)C)cc3n2)c1.[Ir].[Ir].[Ir].[Ir]. The molecule has 12 rings (SSSR count). The molecule has 0 saturated heterocycles. The van der Waals surface area contributed by atoms with Crippen molar-refractivity contribution in [3.05, 3.63) is 306 Å². The van der Waals surface area contributed by atoms with Crippen LogP contribution in [0.4, 0.5) is 0 Å². The van der Waals surface area contributed by atoms with Gasteiger partial charge in [0.25, 0.3) is 0 Å². The number of pyridine rings is 4. The Kier molecular flexibility index (Phi) is 47.4. The van der Waals surface area contributed by atoms with E-state index >= 15 is 0 Å². The van der Waals surface area contributed by atoms with E-state index in [9.17, 15) is 19.2 Å². The number of benzene rings is 8. The zero-order chi connectivity index (χ0) is 101. The summed E-state index contributed by atoms with van der Waals surface area (Å²) in [4.78, 5) is 60.2. The molecule has 0 aliphatic rings. The third-order valence-electron chi connectivity index (χ3n) is 21.9. The van der Waals surface area contributed by atoms with E-state index < -0.39 is 0 Å². The number of aliphatic hydroxyl groups excluding tert-OH is 4. The molecule has 0 bridgehead atoms. The number of rotatable bonds is 8. The Hall–Kier alpha value is -9.16. The molecule has 0 unspecified atom stereocenters. The monoisotopic (exact) mass is 2550 g/mol. The van der Waals surface area contributed by atoms with Crippen LogP contribution in [0.15, 0.2) is 193 Å². The number of ketones is 4. The molecule has 740 valence electrons. The predicted molar refractivity (Wildman–Crippen MR) is 560 cm³/mol. The molecule has 4 aromatic heterocycles. The summed E-state index contributed by atoms with van der Waals surface area (Å²) in [6.07, 6.45) is 4.67. The Bertz CT molecular complexity index is 6160. The van der Waals surface area contributed by atoms with Gasteiger partial charge in [0.1, 0.15) is 0 Å². The molecule has 0 amide bonds. The number of hydrogen-bond acceptors (Lipinski definition) is 12. The van der Waals surface area contributed by atoms with Crippen LogP contribution in [-0.2, 0) is 143 Å². The molecular formula is C120H152Ir4N4O8-4. The normalized spacial score (nSPS) is 12.0. The Balaban J connectivity index is 0.000000819. The maximum Gasteiger partial charge on any atom is 0.155 e. The molecule has 4 N–H and O–H groups in total. The van der Waals surface area contributed by atoms with Gasteiger partial charge in [-0.15, -0.1) is 140 Å². The topological polar surface area (TPSA) is 201 Å². The van der Waals surface area contributed by atoms with Crippen LogP contribution in [0.1, 0.15) is 311 Å². The summed E-state index contributed by atoms with van der Waals surface area (Å²) in [7, 11) is 0. The number of fused-ring (bicyclic) bond motifs is 4. The van der Waals surface area contributed by atoms with Gasteiger partial charge in [-0.3, -0.25) is 39.1 Å². The zero-order valence-electron chi connectivity index (χ0n) is 88.7. The molecule has 12 aromatic rings. The van der Waals surface area contributed by atoms with E-state index in [1.54, 1.807) is 0 Å². The quantitative estimate of drug-likeness (QED) is 0.0638. The number of allylic oxidation sites excluding steroid dienone is 8. The van der Waals surface area contributed by atoms with Crippen LogP contribution in [0.5, 0.6) is 0 Å². The first-order valence-electron chi connectivity index (χ1n) is 45.7. The smallest absolute Gasteiger partial charge is 0.155 e. The van der Waals surface area contributed by atoms with E-state index in [2.05, 4.69) is 385 Å². The standard InChI is InChI=1S/C26H32N.2C25H30N.C24H28N.4C5H8O2.4Ir/c1-16-12-18(3)21(13-17(16)2)23-11-10-20-22(26(7,8)9)14-19(25(4,5)6)15-24(20)27-23;1-16-11-17(2)13-18(12-16)22-10-9-20-21(25(6,7)8)14-19(24(3,4)5)15-23(20)26-22;1-16-9-10-18(13-17(16)2)22-12-11-20-21(25(6,7)8)14-19(24(3,4)5)15-23(20)26-22;1-16-9-8-10-17(13-16)21-12-11-19-20(24(5,6)7)14-18(23(2,3)4)15-22(19)25-21;4*1-4(6)3-5(2)7;;;;/h10-12,14-15H,1-9H3;9-12,14-15H,1-8H3;9,11-15H,1-8H3;8-9,11-15H,1-7H3;4*3,6H,1-2H3;;;;/q4*-1;;;;;;;;. The van der Waals surface area contributed by atoms with Crippen LogP contribution in [0.2, 0.25) is 0 Å². The van der Waals surface area contributed by atoms with Crippen LogP contribution >= 0.6 is 0 Å². The molecule has 8 aromatic carbocycles. The van der Waals surface area contributed by atoms with Gasteiger partial charge in [-0.1, -0.05) is 294 Å². The molecule has 0 atom stereocenters. The summed E-state index contributed by atoms with van der Waals surface area (Å²) in [5.41, 5.74) is 34.0. The molecular weight excluding hydrogens is 2390 g/mol. The minimum absolute atomic E-state index is 0. The van der Waals surface area contributed by atoms with Crippen molar-refractivity contribution in [1.29, 1.82) is 0 Å². The summed E-state index contributed by atoms with van der Waals surface area (Å²) in [6.45, 7) is 82.9. The van der Waals surface area contributed by atoms with Gasteiger partial charge < -0.3 is 20.4 Å². The first kappa shape index (κ1) is 125. The molecule has 4 radical (unpaired) electrons. The molecule has 0 saturated carbocycles. The summed E-state index contributed by atoms with van der Waals surface area (Å²) in [5.74, 6) is -0.250. The van der Waals surface area contributed by atoms with Crippen molar-refractivity contribution in [2.24, 2.45) is 0 Å². The molecule has 0 fully saturated rings. The summed E-state index contributed by atoms with van der Waals surface area (Å²) in [5, 5.41) is 38.4. The van der Waals surface area contributed by atoms with Crippen LogP contribution in [0, 0.1) is 79.7 Å². The zero-order valence-corrected chi connectivity index (χ0v) is 98.3. The average Bonchev–Trinajstić information content (AvgIpc) is 0.776. The van der Waals surface area contributed by atoms with Crippen LogP contribution in [0.3, 0.4) is 0 Å². The van der Waals surface area contributed by atoms with Gasteiger partial charge in [0.15, 0.2) is 23.1 Å². The van der Waals surface area contributed by atoms with Gasteiger partial charge in [-0.25, -0.2) is 0 Å². The van der Waals surface area contributed by atoms with Crippen molar-refractivity contribution in [3.8, 4) is 45.0 Å². The average molecular weight is 2550 g/mol.